The SMILES string of the molecule is COc1ccc(CN2CCCCC[C@@H]2c2ccn(C)n2)c(OC)c1. The largest absolute Gasteiger partial charge is 0.497 e. The number of aryl methyl sites for hydroxylation is 1. The summed E-state index contributed by atoms with van der Waals surface area (Å²) in [6.45, 7) is 1.96. The van der Waals surface area contributed by atoms with E-state index in [-0.39, 0.29) is 0 Å². The molecule has 0 N–H and O–H groups in total. The molecule has 5 nitrogen and oxygen atoms in total. The third-order valence-corrected chi connectivity index (χ3v) is 4.81. The Morgan fingerprint density at radius 3 is 2.71 bits per heavy atom. The van der Waals surface area contributed by atoms with E-state index in [0.717, 1.165) is 31.0 Å². The molecular weight excluding hydrogens is 302 g/mol. The van der Waals surface area contributed by atoms with Crippen molar-refractivity contribution < 1.29 is 9.47 Å². The van der Waals surface area contributed by atoms with Gasteiger partial charge in [0.25, 0.3) is 0 Å². The number of aromatic nitrogens is 2. The van der Waals surface area contributed by atoms with Crippen molar-refractivity contribution in [1.29, 1.82) is 0 Å². The minimum atomic E-state index is 0.375. The first-order valence-corrected chi connectivity index (χ1v) is 8.65. The standard InChI is InChI=1S/C19H27N3O2/c1-21-12-10-17(20-21)18-7-5-4-6-11-22(18)14-15-8-9-16(23-2)13-19(15)24-3/h8-10,12-13,18H,4-7,11,14H2,1-3H3/t18-/m1/s1. The molecule has 1 atom stereocenters. The average Bonchev–Trinajstić information content (AvgIpc) is 2.90. The summed E-state index contributed by atoms with van der Waals surface area (Å²) in [6.07, 6.45) is 6.99. The molecule has 130 valence electrons. The summed E-state index contributed by atoms with van der Waals surface area (Å²) in [5.41, 5.74) is 2.37. The molecule has 2 heterocycles. The Morgan fingerprint density at radius 1 is 1.12 bits per heavy atom. The Balaban J connectivity index is 1.85. The first-order valence-electron chi connectivity index (χ1n) is 8.65. The van der Waals surface area contributed by atoms with Gasteiger partial charge in [0.2, 0.25) is 0 Å². The van der Waals surface area contributed by atoms with Gasteiger partial charge < -0.3 is 9.47 Å². The molecule has 1 aromatic carbocycles. The van der Waals surface area contributed by atoms with Gasteiger partial charge in [-0.1, -0.05) is 18.9 Å². The monoisotopic (exact) mass is 329 g/mol. The number of methoxy groups -OCH3 is 2. The molecule has 0 spiro atoms. The number of likely N-dealkylation sites (tertiary alicyclic amines) is 1. The molecule has 0 saturated carbocycles. The predicted octanol–water partition coefficient (Wildman–Crippen LogP) is 3.55. The van der Waals surface area contributed by atoms with Crippen molar-refractivity contribution in [3.05, 3.63) is 41.7 Å². The van der Waals surface area contributed by atoms with E-state index >= 15 is 0 Å². The van der Waals surface area contributed by atoms with Crippen LogP contribution in [-0.2, 0) is 13.6 Å². The van der Waals surface area contributed by atoms with Gasteiger partial charge in [-0.25, -0.2) is 0 Å². The molecule has 0 amide bonds. The maximum atomic E-state index is 5.58. The number of nitrogens with zero attached hydrogens (tertiary/aromatic N) is 3. The van der Waals surface area contributed by atoms with Gasteiger partial charge in [-0.3, -0.25) is 9.58 Å². The quantitative estimate of drug-likeness (QED) is 0.841. The van der Waals surface area contributed by atoms with Crippen molar-refractivity contribution in [2.45, 2.75) is 38.3 Å². The van der Waals surface area contributed by atoms with Gasteiger partial charge in [0.1, 0.15) is 11.5 Å². The lowest BCUT2D eigenvalue weighted by atomic mass is 10.1. The maximum absolute atomic E-state index is 5.58. The molecule has 2 aromatic rings. The van der Waals surface area contributed by atoms with Crippen molar-refractivity contribution in [2.75, 3.05) is 20.8 Å². The lowest BCUT2D eigenvalue weighted by molar-refractivity contribution is 0.186. The van der Waals surface area contributed by atoms with Gasteiger partial charge in [-0.2, -0.15) is 5.10 Å². The molecule has 0 bridgehead atoms. The summed E-state index contributed by atoms with van der Waals surface area (Å²) in [5, 5.41) is 4.66. The van der Waals surface area contributed by atoms with Crippen LogP contribution in [0.25, 0.3) is 0 Å². The molecule has 0 aliphatic carbocycles. The Labute approximate surface area is 144 Å². The minimum absolute atomic E-state index is 0.375. The van der Waals surface area contributed by atoms with Crippen LogP contribution in [0.4, 0.5) is 0 Å². The van der Waals surface area contributed by atoms with Gasteiger partial charge in [0.05, 0.1) is 26.0 Å². The van der Waals surface area contributed by atoms with Gasteiger partial charge in [-0.05, 0) is 31.5 Å². The van der Waals surface area contributed by atoms with E-state index in [2.05, 4.69) is 22.1 Å². The van der Waals surface area contributed by atoms with Gasteiger partial charge >= 0.3 is 0 Å². The molecule has 5 heteroatoms. The van der Waals surface area contributed by atoms with Crippen molar-refractivity contribution in [3.63, 3.8) is 0 Å². The first kappa shape index (κ1) is 16.8. The smallest absolute Gasteiger partial charge is 0.127 e. The summed E-state index contributed by atoms with van der Waals surface area (Å²) < 4.78 is 12.8. The molecule has 1 aromatic heterocycles. The van der Waals surface area contributed by atoms with Crippen LogP contribution in [-0.4, -0.2) is 35.4 Å². The average molecular weight is 329 g/mol. The lowest BCUT2D eigenvalue weighted by Crippen LogP contribution is -2.28. The Morgan fingerprint density at radius 2 is 2.00 bits per heavy atom. The summed E-state index contributed by atoms with van der Waals surface area (Å²) in [5.74, 6) is 1.71. The normalized spacial score (nSPS) is 19.0. The van der Waals surface area contributed by atoms with Crippen LogP contribution in [0.3, 0.4) is 0 Å². The third kappa shape index (κ3) is 3.73. The van der Waals surface area contributed by atoms with Crippen LogP contribution in [0.15, 0.2) is 30.5 Å². The number of ether oxygens (including phenoxy) is 2. The molecular formula is C19H27N3O2. The molecule has 24 heavy (non-hydrogen) atoms. The highest BCUT2D eigenvalue weighted by atomic mass is 16.5. The molecule has 3 rings (SSSR count). The molecule has 1 aliphatic rings. The van der Waals surface area contributed by atoms with Gasteiger partial charge in [-0.15, -0.1) is 0 Å². The van der Waals surface area contributed by atoms with Crippen LogP contribution in [0.2, 0.25) is 0 Å². The minimum Gasteiger partial charge on any atom is -0.497 e. The van der Waals surface area contributed by atoms with Crippen LogP contribution >= 0.6 is 0 Å². The predicted molar refractivity (Wildman–Crippen MR) is 94.4 cm³/mol. The van der Waals surface area contributed by atoms with E-state index < -0.39 is 0 Å². The van der Waals surface area contributed by atoms with E-state index in [0.29, 0.717) is 6.04 Å². The van der Waals surface area contributed by atoms with E-state index in [1.54, 1.807) is 14.2 Å². The number of hydrogen-bond donors (Lipinski definition) is 0. The topological polar surface area (TPSA) is 39.5 Å². The fraction of sp³-hybridized carbons (Fsp3) is 0.526. The molecule has 1 fully saturated rings. The van der Waals surface area contributed by atoms with Gasteiger partial charge in [0, 0.05) is 31.4 Å². The summed E-state index contributed by atoms with van der Waals surface area (Å²) in [4.78, 5) is 2.54. The van der Waals surface area contributed by atoms with Crippen LogP contribution in [0.5, 0.6) is 11.5 Å². The van der Waals surface area contributed by atoms with Crippen LogP contribution in [0, 0.1) is 0 Å². The van der Waals surface area contributed by atoms with E-state index in [9.17, 15) is 0 Å². The highest BCUT2D eigenvalue weighted by Gasteiger charge is 2.25. The van der Waals surface area contributed by atoms with E-state index in [4.69, 9.17) is 9.47 Å². The molecule has 1 aliphatic heterocycles. The fourth-order valence-electron chi connectivity index (χ4n) is 3.50. The number of rotatable bonds is 5. The zero-order valence-corrected chi connectivity index (χ0v) is 14.9. The van der Waals surface area contributed by atoms with Crippen molar-refractivity contribution in [1.82, 2.24) is 14.7 Å². The maximum Gasteiger partial charge on any atom is 0.127 e. The summed E-state index contributed by atoms with van der Waals surface area (Å²) in [7, 11) is 5.38. The third-order valence-electron chi connectivity index (χ3n) is 4.81. The van der Waals surface area contributed by atoms with Crippen molar-refractivity contribution in [3.8, 4) is 11.5 Å². The second kappa shape index (κ2) is 7.71. The zero-order valence-electron chi connectivity index (χ0n) is 14.9. The lowest BCUT2D eigenvalue weighted by Gasteiger charge is -2.29. The second-order valence-corrected chi connectivity index (χ2v) is 6.43. The van der Waals surface area contributed by atoms with Crippen LogP contribution < -0.4 is 9.47 Å². The molecule has 1 saturated heterocycles. The summed E-state index contributed by atoms with van der Waals surface area (Å²) >= 11 is 0. The second-order valence-electron chi connectivity index (χ2n) is 6.43. The van der Waals surface area contributed by atoms with E-state index in [1.165, 1.54) is 30.5 Å². The van der Waals surface area contributed by atoms with E-state index in [1.807, 2.05) is 30.1 Å². The Kier molecular flexibility index (Phi) is 5.41. The highest BCUT2D eigenvalue weighted by Crippen LogP contribution is 2.33. The van der Waals surface area contributed by atoms with Crippen molar-refractivity contribution in [2.24, 2.45) is 7.05 Å². The first-order chi connectivity index (χ1) is 11.7. The number of hydrogen-bond acceptors (Lipinski definition) is 4. The Hall–Kier alpha value is -2.01. The van der Waals surface area contributed by atoms with Gasteiger partial charge in [0.15, 0.2) is 0 Å². The molecule has 0 unspecified atom stereocenters. The van der Waals surface area contributed by atoms with Crippen molar-refractivity contribution >= 4 is 0 Å². The molecule has 0 radical (unpaired) electrons. The summed E-state index contributed by atoms with van der Waals surface area (Å²) in [6, 6.07) is 8.60. The zero-order chi connectivity index (χ0) is 16.9. The number of benzene rings is 1. The Bertz CT molecular complexity index is 668. The van der Waals surface area contributed by atoms with Crippen LogP contribution in [0.1, 0.15) is 43.0 Å². The fourth-order valence-corrected chi connectivity index (χ4v) is 3.50. The highest BCUT2D eigenvalue weighted by molar-refractivity contribution is 5.40.